The molecule has 0 fully saturated rings. The minimum Gasteiger partial charge on any atom is -0.745 e. The van der Waals surface area contributed by atoms with Crippen molar-refractivity contribution in [1.82, 2.24) is 0 Å². The Kier molecular flexibility index (Phi) is 14.2. The van der Waals surface area contributed by atoms with Crippen LogP contribution in [-0.4, -0.2) is 43.8 Å². The van der Waals surface area contributed by atoms with E-state index in [9.17, 15) is 30.7 Å². The summed E-state index contributed by atoms with van der Waals surface area (Å²) < 4.78 is 69.3. The van der Waals surface area contributed by atoms with E-state index in [1.807, 2.05) is 6.92 Å². The first-order valence-electron chi connectivity index (χ1n) is 6.80. The van der Waals surface area contributed by atoms with Gasteiger partial charge < -0.3 is 18.6 Å². The number of hydrogen-bond donors (Lipinski definition) is 0. The summed E-state index contributed by atoms with van der Waals surface area (Å²) in [6, 6.07) is 6.68. The highest BCUT2D eigenvalue weighted by atomic mass is 32.2. The van der Waals surface area contributed by atoms with Crippen molar-refractivity contribution >= 4 is 31.8 Å². The molecule has 0 atom stereocenters. The van der Waals surface area contributed by atoms with Crippen LogP contribution >= 0.6 is 0 Å². The van der Waals surface area contributed by atoms with Crippen molar-refractivity contribution < 1.29 is 40.2 Å². The zero-order valence-electron chi connectivity index (χ0n) is 14.1. The van der Waals surface area contributed by atoms with Crippen molar-refractivity contribution in [2.24, 2.45) is 0 Å². The number of carbonyl (C=O) groups is 1. The van der Waals surface area contributed by atoms with Gasteiger partial charge in [-0.25, -0.2) is 21.6 Å². The summed E-state index contributed by atoms with van der Waals surface area (Å²) in [5.41, 5.74) is 1.89. The summed E-state index contributed by atoms with van der Waals surface area (Å²) in [4.78, 5) is 10.5. The lowest BCUT2D eigenvalue weighted by Gasteiger charge is -2.09. The van der Waals surface area contributed by atoms with Crippen molar-refractivity contribution in [3.63, 3.8) is 0 Å². The maximum Gasteiger partial charge on any atom is 0.334 e. The van der Waals surface area contributed by atoms with Gasteiger partial charge in [-0.1, -0.05) is 45.7 Å². The molecule has 1 aromatic carbocycles. The molecule has 162 valence electrons. The van der Waals surface area contributed by atoms with Gasteiger partial charge in [-0.3, -0.25) is 0 Å². The predicted octanol–water partition coefficient (Wildman–Crippen LogP) is 2.48. The number of benzene rings is 1. The third kappa shape index (κ3) is 16.0. The molecule has 0 saturated carbocycles. The minimum absolute atomic E-state index is 0. The van der Waals surface area contributed by atoms with Crippen LogP contribution in [0.1, 0.15) is 34.3 Å². The summed E-state index contributed by atoms with van der Waals surface area (Å²) in [6.45, 7) is 10.1. The van der Waals surface area contributed by atoms with E-state index in [0.717, 1.165) is 11.1 Å². The van der Waals surface area contributed by atoms with Crippen molar-refractivity contribution in [2.75, 3.05) is 11.9 Å². The fourth-order valence-corrected chi connectivity index (χ4v) is 1.76. The highest BCUT2D eigenvalue weighted by Crippen LogP contribution is 2.17. The SMILES string of the molecule is C.C.C=C(C)C(=O)OCS(=O)(=O)[O-].C=C(C)c1ccc(OCS(=O)(=O)[O-])cc1. The van der Waals surface area contributed by atoms with Gasteiger partial charge in [0.2, 0.25) is 0 Å². The van der Waals surface area contributed by atoms with Crippen LogP contribution in [0.15, 0.2) is 43.0 Å². The average molecular weight is 439 g/mol. The lowest BCUT2D eigenvalue weighted by molar-refractivity contribution is -0.137. The predicted molar refractivity (Wildman–Crippen MR) is 105 cm³/mol. The molecule has 1 aromatic rings. The van der Waals surface area contributed by atoms with Crippen LogP contribution in [0.3, 0.4) is 0 Å². The van der Waals surface area contributed by atoms with Gasteiger partial charge in [0, 0.05) is 5.57 Å². The highest BCUT2D eigenvalue weighted by Gasteiger charge is 2.04. The molecule has 0 heterocycles. The number of allylic oxidation sites excluding steroid dienone is 1. The van der Waals surface area contributed by atoms with Gasteiger partial charge in [-0.05, 0) is 31.5 Å². The lowest BCUT2D eigenvalue weighted by atomic mass is 10.1. The number of ether oxygens (including phenoxy) is 2. The van der Waals surface area contributed by atoms with E-state index >= 15 is 0 Å². The van der Waals surface area contributed by atoms with E-state index in [4.69, 9.17) is 4.74 Å². The molecular formula is C17H26O9S2-2. The molecule has 0 aliphatic carbocycles. The number of rotatable bonds is 7. The standard InChI is InChI=1S/C10H12O4S.C5H8O5S.2CH4/c1-8(2)9-3-5-10(6-4-9)14-7-15(11,12)13;1-4(2)5(6)10-3-11(7,8)9;;/h3-6H,1,7H2,2H3,(H,11,12,13);1,3H2,2H3,(H,7,8,9);2*1H4/p-2. The Morgan fingerprint density at radius 2 is 1.36 bits per heavy atom. The molecule has 11 heteroatoms. The van der Waals surface area contributed by atoms with E-state index in [1.54, 1.807) is 24.3 Å². The van der Waals surface area contributed by atoms with Crippen LogP contribution in [0.5, 0.6) is 5.75 Å². The van der Waals surface area contributed by atoms with Crippen molar-refractivity contribution in [3.05, 3.63) is 48.6 Å². The second-order valence-corrected chi connectivity index (χ2v) is 7.71. The zero-order chi connectivity index (χ0) is 20.5. The quantitative estimate of drug-likeness (QED) is 0.355. The Bertz CT molecular complexity index is 852. The number of esters is 1. The third-order valence-electron chi connectivity index (χ3n) is 2.40. The molecule has 9 nitrogen and oxygen atoms in total. The Morgan fingerprint density at radius 3 is 1.68 bits per heavy atom. The first-order valence-corrected chi connectivity index (χ1v) is 9.95. The fourth-order valence-electron chi connectivity index (χ4n) is 1.22. The Hall–Kier alpha value is -2.21. The smallest absolute Gasteiger partial charge is 0.334 e. The molecule has 28 heavy (non-hydrogen) atoms. The summed E-state index contributed by atoms with van der Waals surface area (Å²) in [6.07, 6.45) is 0. The third-order valence-corrected chi connectivity index (χ3v) is 3.21. The van der Waals surface area contributed by atoms with Crippen LogP contribution in [0, 0.1) is 0 Å². The van der Waals surface area contributed by atoms with E-state index in [-0.39, 0.29) is 20.4 Å². The molecule has 0 bridgehead atoms. The van der Waals surface area contributed by atoms with Gasteiger partial charge in [-0.15, -0.1) is 0 Å². The van der Waals surface area contributed by atoms with E-state index in [2.05, 4.69) is 17.9 Å². The second-order valence-electron chi connectivity index (χ2n) is 5.01. The molecule has 0 aliphatic heterocycles. The molecule has 0 aromatic heterocycles. The molecule has 0 N–H and O–H groups in total. The first-order chi connectivity index (χ1) is 11.7. The molecule has 0 aliphatic rings. The van der Waals surface area contributed by atoms with E-state index in [1.165, 1.54) is 6.92 Å². The van der Waals surface area contributed by atoms with Gasteiger partial charge >= 0.3 is 5.97 Å². The molecule has 0 radical (unpaired) electrons. The van der Waals surface area contributed by atoms with Crippen LogP contribution in [0.25, 0.3) is 5.57 Å². The highest BCUT2D eigenvalue weighted by molar-refractivity contribution is 7.85. The fraction of sp³-hybridized carbons (Fsp3) is 0.353. The number of carbonyl (C=O) groups excluding carboxylic acids is 1. The molecular weight excluding hydrogens is 412 g/mol. The van der Waals surface area contributed by atoms with E-state index < -0.39 is 38.1 Å². The molecule has 0 saturated heterocycles. The Balaban J connectivity index is -0.000000436. The molecule has 0 amide bonds. The van der Waals surface area contributed by atoms with Gasteiger partial charge in [0.25, 0.3) is 0 Å². The van der Waals surface area contributed by atoms with Crippen LogP contribution in [0.4, 0.5) is 0 Å². The van der Waals surface area contributed by atoms with Crippen LogP contribution in [0.2, 0.25) is 0 Å². The second kappa shape index (κ2) is 13.0. The zero-order valence-corrected chi connectivity index (χ0v) is 15.8. The summed E-state index contributed by atoms with van der Waals surface area (Å²) >= 11 is 0. The molecule has 0 spiro atoms. The van der Waals surface area contributed by atoms with E-state index in [0.29, 0.717) is 5.75 Å². The lowest BCUT2D eigenvalue weighted by Crippen LogP contribution is -2.13. The largest absolute Gasteiger partial charge is 0.745 e. The van der Waals surface area contributed by atoms with Gasteiger partial charge in [0.15, 0.2) is 11.9 Å². The summed E-state index contributed by atoms with van der Waals surface area (Å²) in [7, 11) is -8.83. The topological polar surface area (TPSA) is 150 Å². The minimum atomic E-state index is -4.49. The number of hydrogen-bond acceptors (Lipinski definition) is 9. The van der Waals surface area contributed by atoms with Crippen LogP contribution in [-0.2, 0) is 29.8 Å². The van der Waals surface area contributed by atoms with Crippen molar-refractivity contribution in [1.29, 1.82) is 0 Å². The van der Waals surface area contributed by atoms with Crippen molar-refractivity contribution in [2.45, 2.75) is 28.7 Å². The molecule has 0 unspecified atom stereocenters. The first kappa shape index (κ1) is 30.5. The normalized spacial score (nSPS) is 10.1. The maximum absolute atomic E-state index is 10.5. The Morgan fingerprint density at radius 1 is 0.929 bits per heavy atom. The van der Waals surface area contributed by atoms with Crippen LogP contribution < -0.4 is 4.74 Å². The van der Waals surface area contributed by atoms with Crippen molar-refractivity contribution in [3.8, 4) is 5.75 Å². The molecule has 1 rings (SSSR count). The average Bonchev–Trinajstić information content (AvgIpc) is 2.50. The van der Waals surface area contributed by atoms with Gasteiger partial charge in [-0.2, -0.15) is 0 Å². The monoisotopic (exact) mass is 438 g/mol. The maximum atomic E-state index is 10.5. The van der Waals surface area contributed by atoms with Gasteiger partial charge in [0.1, 0.15) is 26.0 Å². The Labute approximate surface area is 167 Å². The summed E-state index contributed by atoms with van der Waals surface area (Å²) in [5.74, 6) is -2.53. The summed E-state index contributed by atoms with van der Waals surface area (Å²) in [5, 5.41) is 0. The van der Waals surface area contributed by atoms with Gasteiger partial charge in [0.05, 0.1) is 0 Å².